The van der Waals surface area contributed by atoms with E-state index in [0.717, 1.165) is 43.2 Å². The molecule has 174 valence electrons. The van der Waals surface area contributed by atoms with Gasteiger partial charge < -0.3 is 10.2 Å². The molecule has 7 nitrogen and oxygen atoms in total. The van der Waals surface area contributed by atoms with Crippen LogP contribution in [0.2, 0.25) is 0 Å². The summed E-state index contributed by atoms with van der Waals surface area (Å²) in [5.41, 5.74) is 3.57. The van der Waals surface area contributed by atoms with E-state index in [2.05, 4.69) is 105 Å². The summed E-state index contributed by atoms with van der Waals surface area (Å²) in [5.74, 6) is 1.93. The number of fused-ring (bicyclic) bond motifs is 1. The number of halogens is 1. The Morgan fingerprint density at radius 2 is 1.79 bits per heavy atom. The molecule has 0 bridgehead atoms. The molecule has 1 aromatic carbocycles. The number of aromatic nitrogens is 4. The van der Waals surface area contributed by atoms with Crippen LogP contribution < -0.4 is 10.2 Å². The van der Waals surface area contributed by atoms with E-state index >= 15 is 0 Å². The first-order valence-electron chi connectivity index (χ1n) is 11.9. The molecule has 4 aromatic rings. The standard InChI is InChI=1S/C26H28IN7/c1-18(19-6-7-28-26(14-19)32-8-10-33(27)11-9-32)31-25-13-22-12-20(2-3-21(22)15-29-25)23-16-30-34(17-23)24-4-5-24/h2-3,6-7,12-18,24H,4-5,8-11H2,1H3,(H,29,31). The minimum Gasteiger partial charge on any atom is -0.364 e. The van der Waals surface area contributed by atoms with E-state index in [0.29, 0.717) is 6.04 Å². The van der Waals surface area contributed by atoms with Crippen molar-refractivity contribution in [3.05, 3.63) is 66.7 Å². The quantitative estimate of drug-likeness (QED) is 0.247. The Balaban J connectivity index is 1.20. The number of rotatable bonds is 6. The maximum absolute atomic E-state index is 4.67. The van der Waals surface area contributed by atoms with Gasteiger partial charge in [-0.15, -0.1) is 0 Å². The molecular weight excluding hydrogens is 537 g/mol. The molecule has 1 aliphatic heterocycles. The lowest BCUT2D eigenvalue weighted by Gasteiger charge is -2.32. The summed E-state index contributed by atoms with van der Waals surface area (Å²) < 4.78 is 4.43. The maximum Gasteiger partial charge on any atom is 0.128 e. The van der Waals surface area contributed by atoms with Crippen molar-refractivity contribution in [3.63, 3.8) is 0 Å². The molecule has 1 N–H and O–H groups in total. The van der Waals surface area contributed by atoms with E-state index in [1.54, 1.807) is 0 Å². The van der Waals surface area contributed by atoms with Gasteiger partial charge in [-0.25, -0.2) is 13.1 Å². The Kier molecular flexibility index (Phi) is 5.86. The number of pyridine rings is 2. The Bertz CT molecular complexity index is 1310. The summed E-state index contributed by atoms with van der Waals surface area (Å²) in [7, 11) is 0. The summed E-state index contributed by atoms with van der Waals surface area (Å²) in [6.07, 6.45) is 10.5. The lowest BCUT2D eigenvalue weighted by atomic mass is 10.0. The van der Waals surface area contributed by atoms with E-state index in [1.165, 1.54) is 34.9 Å². The third kappa shape index (κ3) is 4.61. The Morgan fingerprint density at radius 1 is 0.941 bits per heavy atom. The topological polar surface area (TPSA) is 62.1 Å². The van der Waals surface area contributed by atoms with E-state index in [-0.39, 0.29) is 6.04 Å². The highest BCUT2D eigenvalue weighted by atomic mass is 127. The average Bonchev–Trinajstić information content (AvgIpc) is 3.60. The van der Waals surface area contributed by atoms with Crippen LogP contribution >= 0.6 is 22.9 Å². The van der Waals surface area contributed by atoms with Crippen LogP contribution in [0, 0.1) is 0 Å². The Labute approximate surface area is 213 Å². The van der Waals surface area contributed by atoms with E-state index in [4.69, 9.17) is 0 Å². The molecule has 4 heterocycles. The molecule has 1 saturated carbocycles. The van der Waals surface area contributed by atoms with E-state index in [1.807, 2.05) is 18.6 Å². The number of benzene rings is 1. The first-order chi connectivity index (χ1) is 16.6. The lowest BCUT2D eigenvalue weighted by molar-refractivity contribution is 0.458. The van der Waals surface area contributed by atoms with Gasteiger partial charge in [0.25, 0.3) is 0 Å². The molecule has 1 unspecified atom stereocenters. The zero-order valence-corrected chi connectivity index (χ0v) is 21.4. The lowest BCUT2D eigenvalue weighted by Crippen LogP contribution is -2.42. The van der Waals surface area contributed by atoms with Gasteiger partial charge in [0.15, 0.2) is 0 Å². The van der Waals surface area contributed by atoms with Crippen LogP contribution in [0.4, 0.5) is 11.6 Å². The van der Waals surface area contributed by atoms with Gasteiger partial charge in [-0.1, -0.05) is 12.1 Å². The van der Waals surface area contributed by atoms with E-state index < -0.39 is 0 Å². The fourth-order valence-electron chi connectivity index (χ4n) is 4.52. The summed E-state index contributed by atoms with van der Waals surface area (Å²) in [4.78, 5) is 11.7. The van der Waals surface area contributed by atoms with Crippen LogP contribution in [-0.4, -0.2) is 49.0 Å². The van der Waals surface area contributed by atoms with Crippen molar-refractivity contribution in [2.24, 2.45) is 0 Å². The van der Waals surface area contributed by atoms with Gasteiger partial charge in [-0.05, 0) is 60.5 Å². The number of anilines is 2. The number of hydrogen-bond donors (Lipinski definition) is 1. The monoisotopic (exact) mass is 565 g/mol. The van der Waals surface area contributed by atoms with Crippen molar-refractivity contribution in [1.82, 2.24) is 22.9 Å². The number of nitrogens with one attached hydrogen (secondary N) is 1. The minimum absolute atomic E-state index is 0.123. The average molecular weight is 565 g/mol. The highest BCUT2D eigenvalue weighted by molar-refractivity contribution is 14.1. The van der Waals surface area contributed by atoms with Gasteiger partial charge >= 0.3 is 0 Å². The molecule has 1 aliphatic carbocycles. The second-order valence-corrected chi connectivity index (χ2v) is 10.6. The van der Waals surface area contributed by atoms with Gasteiger partial charge in [0, 0.05) is 78.6 Å². The summed E-state index contributed by atoms with van der Waals surface area (Å²) in [6.45, 7) is 6.32. The zero-order chi connectivity index (χ0) is 23.1. The second-order valence-electron chi connectivity index (χ2n) is 9.28. The molecule has 6 rings (SSSR count). The summed E-state index contributed by atoms with van der Waals surface area (Å²) >= 11 is 2.40. The smallest absolute Gasteiger partial charge is 0.128 e. The molecule has 0 spiro atoms. The molecule has 2 aliphatic rings. The van der Waals surface area contributed by atoms with Gasteiger partial charge in [0.1, 0.15) is 11.6 Å². The Morgan fingerprint density at radius 3 is 2.62 bits per heavy atom. The van der Waals surface area contributed by atoms with Gasteiger partial charge in [-0.2, -0.15) is 5.10 Å². The fourth-order valence-corrected chi connectivity index (χ4v) is 4.95. The molecule has 3 aromatic heterocycles. The van der Waals surface area contributed by atoms with Crippen molar-refractivity contribution in [1.29, 1.82) is 0 Å². The van der Waals surface area contributed by atoms with Crippen LogP contribution in [0.25, 0.3) is 21.9 Å². The van der Waals surface area contributed by atoms with Crippen LogP contribution in [0.15, 0.2) is 61.2 Å². The largest absolute Gasteiger partial charge is 0.364 e. The van der Waals surface area contributed by atoms with E-state index in [9.17, 15) is 0 Å². The molecule has 0 amide bonds. The highest BCUT2D eigenvalue weighted by Crippen LogP contribution is 2.35. The van der Waals surface area contributed by atoms with Crippen LogP contribution in [0.1, 0.15) is 37.4 Å². The first kappa shape index (κ1) is 21.8. The SMILES string of the molecule is CC(Nc1cc2cc(-c3cnn(C4CC4)c3)ccc2cn1)c1ccnc(N2CCN(I)CC2)c1. The predicted octanol–water partition coefficient (Wildman–Crippen LogP) is 5.47. The predicted molar refractivity (Wildman–Crippen MR) is 145 cm³/mol. The number of piperazine rings is 1. The highest BCUT2D eigenvalue weighted by Gasteiger charge is 2.24. The molecule has 2 fully saturated rings. The minimum atomic E-state index is 0.123. The molecule has 34 heavy (non-hydrogen) atoms. The van der Waals surface area contributed by atoms with Crippen molar-refractivity contribution < 1.29 is 0 Å². The molecule has 0 radical (unpaired) electrons. The summed E-state index contributed by atoms with van der Waals surface area (Å²) in [6, 6.07) is 13.7. The van der Waals surface area contributed by atoms with Crippen LogP contribution in [-0.2, 0) is 0 Å². The molecular formula is C26H28IN7. The molecule has 1 atom stereocenters. The Hall–Kier alpha value is -2.72. The zero-order valence-electron chi connectivity index (χ0n) is 19.2. The third-order valence-corrected chi connectivity index (χ3v) is 7.73. The van der Waals surface area contributed by atoms with Crippen molar-refractivity contribution in [2.45, 2.75) is 31.8 Å². The normalized spacial score (nSPS) is 17.8. The van der Waals surface area contributed by atoms with Crippen LogP contribution in [0.5, 0.6) is 0 Å². The van der Waals surface area contributed by atoms with Crippen molar-refractivity contribution >= 4 is 45.3 Å². The molecule has 1 saturated heterocycles. The van der Waals surface area contributed by atoms with Gasteiger partial charge in [0.2, 0.25) is 0 Å². The van der Waals surface area contributed by atoms with Crippen molar-refractivity contribution in [2.75, 3.05) is 36.4 Å². The molecule has 8 heteroatoms. The fraction of sp³-hybridized carbons (Fsp3) is 0.346. The first-order valence-corrected chi connectivity index (χ1v) is 12.9. The van der Waals surface area contributed by atoms with Gasteiger partial charge in [0.05, 0.1) is 18.3 Å². The number of nitrogens with zero attached hydrogens (tertiary/aromatic N) is 6. The second kappa shape index (κ2) is 9.14. The third-order valence-electron chi connectivity index (χ3n) is 6.76. The van der Waals surface area contributed by atoms with Crippen LogP contribution in [0.3, 0.4) is 0 Å². The van der Waals surface area contributed by atoms with Gasteiger partial charge in [-0.3, -0.25) is 4.68 Å². The number of hydrogen-bond acceptors (Lipinski definition) is 6. The maximum atomic E-state index is 4.67. The summed E-state index contributed by atoms with van der Waals surface area (Å²) in [5, 5.41) is 10.5. The van der Waals surface area contributed by atoms with Crippen molar-refractivity contribution in [3.8, 4) is 11.1 Å².